The van der Waals surface area contributed by atoms with Gasteiger partial charge in [-0.05, 0) is 18.6 Å². The maximum absolute atomic E-state index is 11.4. The zero-order chi connectivity index (χ0) is 12.4. The summed E-state index contributed by atoms with van der Waals surface area (Å²) in [6.07, 6.45) is 7.00. The quantitative estimate of drug-likeness (QED) is 0.869. The molecule has 1 aliphatic rings. The minimum absolute atomic E-state index is 0.262. The summed E-state index contributed by atoms with van der Waals surface area (Å²) >= 11 is 0. The smallest absolute Gasteiger partial charge is 0.225 e. The molecule has 18 heavy (non-hydrogen) atoms. The molecule has 5 nitrogen and oxygen atoms in total. The highest BCUT2D eigenvalue weighted by atomic mass is 16.1. The first-order valence-electron chi connectivity index (χ1n) is 6.05. The average molecular weight is 242 g/mol. The standard InChI is InChI=1S/C13H14N4O/c18-11-3-2-6-17(9-11)13-15-7-10(8-16-13)12-4-1-5-14-12/h1,4-5,7-8,14H,2-3,6,9H2. The monoisotopic (exact) mass is 242 g/mol. The zero-order valence-electron chi connectivity index (χ0n) is 9.97. The highest BCUT2D eigenvalue weighted by Crippen LogP contribution is 2.18. The van der Waals surface area contributed by atoms with E-state index in [1.54, 1.807) is 12.4 Å². The topological polar surface area (TPSA) is 61.9 Å². The van der Waals surface area contributed by atoms with Gasteiger partial charge in [0, 0.05) is 42.8 Å². The third-order valence-electron chi connectivity index (χ3n) is 3.08. The van der Waals surface area contributed by atoms with Crippen LogP contribution in [0.3, 0.4) is 0 Å². The van der Waals surface area contributed by atoms with Gasteiger partial charge in [0.2, 0.25) is 5.95 Å². The van der Waals surface area contributed by atoms with Gasteiger partial charge in [-0.3, -0.25) is 4.79 Å². The fourth-order valence-electron chi connectivity index (χ4n) is 2.14. The number of nitrogens with zero attached hydrogens (tertiary/aromatic N) is 3. The van der Waals surface area contributed by atoms with Crippen molar-refractivity contribution in [2.24, 2.45) is 0 Å². The number of H-pyrrole nitrogens is 1. The molecule has 0 amide bonds. The molecule has 0 radical (unpaired) electrons. The molecule has 0 unspecified atom stereocenters. The van der Waals surface area contributed by atoms with Crippen molar-refractivity contribution in [3.05, 3.63) is 30.7 Å². The second-order valence-electron chi connectivity index (χ2n) is 4.42. The number of aromatic nitrogens is 3. The van der Waals surface area contributed by atoms with E-state index in [4.69, 9.17) is 0 Å². The molecule has 0 atom stereocenters. The van der Waals surface area contributed by atoms with Gasteiger partial charge >= 0.3 is 0 Å². The van der Waals surface area contributed by atoms with Crippen LogP contribution in [0.5, 0.6) is 0 Å². The number of Topliss-reactive ketones (excluding diaryl/α,β-unsaturated/α-hetero) is 1. The van der Waals surface area contributed by atoms with Gasteiger partial charge in [-0.2, -0.15) is 0 Å². The van der Waals surface area contributed by atoms with Gasteiger partial charge in [0.15, 0.2) is 5.78 Å². The Kier molecular flexibility index (Phi) is 2.80. The van der Waals surface area contributed by atoms with E-state index >= 15 is 0 Å². The number of piperidine rings is 1. The molecule has 92 valence electrons. The van der Waals surface area contributed by atoms with Crippen LogP contribution in [0.25, 0.3) is 11.3 Å². The minimum Gasteiger partial charge on any atom is -0.361 e. The molecule has 2 aromatic rings. The van der Waals surface area contributed by atoms with Crippen LogP contribution < -0.4 is 4.90 Å². The number of carbonyl (C=O) groups excluding carboxylic acids is 1. The number of hydrogen-bond acceptors (Lipinski definition) is 4. The Morgan fingerprint density at radius 2 is 2.11 bits per heavy atom. The predicted molar refractivity (Wildman–Crippen MR) is 68.3 cm³/mol. The molecule has 1 aliphatic heterocycles. The highest BCUT2D eigenvalue weighted by Gasteiger charge is 2.18. The Bertz CT molecular complexity index is 533. The molecule has 0 spiro atoms. The lowest BCUT2D eigenvalue weighted by Crippen LogP contribution is -2.36. The fraction of sp³-hybridized carbons (Fsp3) is 0.308. The van der Waals surface area contributed by atoms with Crippen molar-refractivity contribution >= 4 is 11.7 Å². The molecule has 0 aliphatic carbocycles. The van der Waals surface area contributed by atoms with Crippen molar-refractivity contribution in [1.29, 1.82) is 0 Å². The van der Waals surface area contributed by atoms with Gasteiger partial charge in [-0.25, -0.2) is 9.97 Å². The normalized spacial score (nSPS) is 16.0. The summed E-state index contributed by atoms with van der Waals surface area (Å²) < 4.78 is 0. The Morgan fingerprint density at radius 1 is 1.28 bits per heavy atom. The largest absolute Gasteiger partial charge is 0.361 e. The first-order valence-corrected chi connectivity index (χ1v) is 6.05. The molecule has 3 heterocycles. The Labute approximate surface area is 105 Å². The van der Waals surface area contributed by atoms with Gasteiger partial charge in [-0.15, -0.1) is 0 Å². The highest BCUT2D eigenvalue weighted by molar-refractivity contribution is 5.84. The lowest BCUT2D eigenvalue weighted by molar-refractivity contribution is -0.118. The molecular formula is C13H14N4O. The molecule has 0 bridgehead atoms. The van der Waals surface area contributed by atoms with E-state index in [1.165, 1.54) is 0 Å². The van der Waals surface area contributed by atoms with E-state index in [0.29, 0.717) is 18.9 Å². The summed E-state index contributed by atoms with van der Waals surface area (Å²) in [7, 11) is 0. The minimum atomic E-state index is 0.262. The van der Waals surface area contributed by atoms with E-state index in [2.05, 4.69) is 15.0 Å². The van der Waals surface area contributed by atoms with Crippen LogP contribution in [-0.4, -0.2) is 33.8 Å². The van der Waals surface area contributed by atoms with Crippen LogP contribution in [0.15, 0.2) is 30.7 Å². The van der Waals surface area contributed by atoms with E-state index in [-0.39, 0.29) is 5.78 Å². The predicted octanol–water partition coefficient (Wildman–Crippen LogP) is 1.64. The van der Waals surface area contributed by atoms with Crippen molar-refractivity contribution in [2.75, 3.05) is 18.0 Å². The van der Waals surface area contributed by atoms with Crippen LogP contribution >= 0.6 is 0 Å². The van der Waals surface area contributed by atoms with Gasteiger partial charge < -0.3 is 9.88 Å². The molecule has 1 fully saturated rings. The lowest BCUT2D eigenvalue weighted by Gasteiger charge is -2.25. The van der Waals surface area contributed by atoms with Crippen LogP contribution in [0.1, 0.15) is 12.8 Å². The van der Waals surface area contributed by atoms with Gasteiger partial charge in [-0.1, -0.05) is 0 Å². The number of ketones is 1. The molecule has 1 saturated heterocycles. The van der Waals surface area contributed by atoms with E-state index in [0.717, 1.165) is 24.2 Å². The number of nitrogens with one attached hydrogen (secondary N) is 1. The maximum Gasteiger partial charge on any atom is 0.225 e. The van der Waals surface area contributed by atoms with Gasteiger partial charge in [0.1, 0.15) is 0 Å². The Balaban J connectivity index is 1.80. The summed E-state index contributed by atoms with van der Waals surface area (Å²) in [5.41, 5.74) is 1.95. The SMILES string of the molecule is O=C1CCCN(c2ncc(-c3ccc[nH]3)cn2)C1. The summed E-state index contributed by atoms with van der Waals surface area (Å²) in [6.45, 7) is 1.29. The van der Waals surface area contributed by atoms with E-state index < -0.39 is 0 Å². The molecule has 5 heteroatoms. The molecule has 0 aromatic carbocycles. The van der Waals surface area contributed by atoms with E-state index in [1.807, 2.05) is 23.2 Å². The number of rotatable bonds is 2. The van der Waals surface area contributed by atoms with Crippen molar-refractivity contribution in [1.82, 2.24) is 15.0 Å². The average Bonchev–Trinajstić information content (AvgIpc) is 2.93. The number of anilines is 1. The summed E-state index contributed by atoms with van der Waals surface area (Å²) in [5.74, 6) is 0.900. The molecular weight excluding hydrogens is 228 g/mol. The molecule has 3 rings (SSSR count). The van der Waals surface area contributed by atoms with E-state index in [9.17, 15) is 4.79 Å². The second-order valence-corrected chi connectivity index (χ2v) is 4.42. The number of hydrogen-bond donors (Lipinski definition) is 1. The Morgan fingerprint density at radius 3 is 2.78 bits per heavy atom. The van der Waals surface area contributed by atoms with Gasteiger partial charge in [0.25, 0.3) is 0 Å². The van der Waals surface area contributed by atoms with Crippen molar-refractivity contribution in [2.45, 2.75) is 12.8 Å². The first kappa shape index (κ1) is 11.0. The van der Waals surface area contributed by atoms with Crippen molar-refractivity contribution in [3.63, 3.8) is 0 Å². The summed E-state index contributed by atoms with van der Waals surface area (Å²) in [6, 6.07) is 3.91. The van der Waals surface area contributed by atoms with Crippen LogP contribution in [0.4, 0.5) is 5.95 Å². The van der Waals surface area contributed by atoms with Crippen molar-refractivity contribution < 1.29 is 4.79 Å². The first-order chi connectivity index (χ1) is 8.83. The number of carbonyl (C=O) groups is 1. The zero-order valence-corrected chi connectivity index (χ0v) is 9.97. The maximum atomic E-state index is 11.4. The summed E-state index contributed by atoms with van der Waals surface area (Å²) in [4.78, 5) is 25.1. The molecule has 0 saturated carbocycles. The third kappa shape index (κ3) is 2.11. The third-order valence-corrected chi connectivity index (χ3v) is 3.08. The molecule has 2 aromatic heterocycles. The lowest BCUT2D eigenvalue weighted by atomic mass is 10.1. The fourth-order valence-corrected chi connectivity index (χ4v) is 2.14. The number of aromatic amines is 1. The second kappa shape index (κ2) is 4.60. The Hall–Kier alpha value is -2.17. The van der Waals surface area contributed by atoms with Crippen LogP contribution in [0, 0.1) is 0 Å². The van der Waals surface area contributed by atoms with Gasteiger partial charge in [0.05, 0.1) is 6.54 Å². The van der Waals surface area contributed by atoms with Crippen molar-refractivity contribution in [3.8, 4) is 11.3 Å². The van der Waals surface area contributed by atoms with Crippen LogP contribution in [-0.2, 0) is 4.79 Å². The van der Waals surface area contributed by atoms with Crippen LogP contribution in [0.2, 0.25) is 0 Å². The molecule has 1 N–H and O–H groups in total. The summed E-state index contributed by atoms with van der Waals surface area (Å²) in [5, 5.41) is 0.